The molecule has 0 bridgehead atoms. The average Bonchev–Trinajstić information content (AvgIpc) is 2.43. The molecule has 0 unspecified atom stereocenters. The number of rotatable bonds is 5. The molecule has 0 radical (unpaired) electrons. The number of H-pyrrole nitrogens is 1. The standard InChI is InChI=1S/C14H18N4O2/c1-3-10-8-18(14(20)17-13(10)19)9-12-7-11(15-4-2)5-6-16-12/h5-8H,3-4,9H2,1-2H3,(H,15,16)(H,17,19,20). The predicted molar refractivity (Wildman–Crippen MR) is 78.2 cm³/mol. The van der Waals surface area contributed by atoms with Crippen LogP contribution >= 0.6 is 0 Å². The van der Waals surface area contributed by atoms with Gasteiger partial charge in [-0.15, -0.1) is 0 Å². The van der Waals surface area contributed by atoms with Crippen LogP contribution in [0.4, 0.5) is 5.69 Å². The number of anilines is 1. The number of aromatic nitrogens is 3. The van der Waals surface area contributed by atoms with E-state index in [9.17, 15) is 9.59 Å². The first kappa shape index (κ1) is 14.0. The second-order valence-electron chi connectivity index (χ2n) is 4.46. The molecular weight excluding hydrogens is 256 g/mol. The molecule has 2 aromatic heterocycles. The largest absolute Gasteiger partial charge is 0.385 e. The minimum atomic E-state index is -0.414. The molecule has 0 aliphatic rings. The van der Waals surface area contributed by atoms with Gasteiger partial charge in [-0.25, -0.2) is 4.79 Å². The van der Waals surface area contributed by atoms with Gasteiger partial charge in [-0.3, -0.25) is 19.3 Å². The van der Waals surface area contributed by atoms with Crippen LogP contribution in [0.2, 0.25) is 0 Å². The molecule has 0 atom stereocenters. The maximum atomic E-state index is 11.8. The van der Waals surface area contributed by atoms with Gasteiger partial charge in [-0.05, 0) is 25.5 Å². The Morgan fingerprint density at radius 2 is 2.15 bits per heavy atom. The maximum Gasteiger partial charge on any atom is 0.328 e. The van der Waals surface area contributed by atoms with Crippen LogP contribution < -0.4 is 16.6 Å². The summed E-state index contributed by atoms with van der Waals surface area (Å²) in [7, 11) is 0. The SMILES string of the molecule is CCNc1ccnc(Cn2cc(CC)c(=O)[nH]c2=O)c1. The van der Waals surface area contributed by atoms with E-state index in [1.165, 1.54) is 4.57 Å². The van der Waals surface area contributed by atoms with Crippen molar-refractivity contribution in [1.29, 1.82) is 0 Å². The number of nitrogens with one attached hydrogen (secondary N) is 2. The first-order chi connectivity index (χ1) is 9.63. The number of aromatic amines is 1. The zero-order valence-electron chi connectivity index (χ0n) is 11.6. The van der Waals surface area contributed by atoms with Gasteiger partial charge in [-0.2, -0.15) is 0 Å². The molecule has 106 valence electrons. The molecule has 6 nitrogen and oxygen atoms in total. The highest BCUT2D eigenvalue weighted by molar-refractivity contribution is 5.42. The van der Waals surface area contributed by atoms with Gasteiger partial charge in [0.2, 0.25) is 0 Å². The summed E-state index contributed by atoms with van der Waals surface area (Å²) in [6, 6.07) is 3.77. The van der Waals surface area contributed by atoms with E-state index >= 15 is 0 Å². The van der Waals surface area contributed by atoms with E-state index in [-0.39, 0.29) is 5.56 Å². The van der Waals surface area contributed by atoms with Gasteiger partial charge in [0.15, 0.2) is 0 Å². The number of aryl methyl sites for hydroxylation is 1. The van der Waals surface area contributed by atoms with Crippen LogP contribution in [0, 0.1) is 0 Å². The van der Waals surface area contributed by atoms with Crippen LogP contribution in [0.5, 0.6) is 0 Å². The molecule has 0 spiro atoms. The highest BCUT2D eigenvalue weighted by Crippen LogP contribution is 2.08. The molecule has 2 aromatic rings. The Labute approximate surface area is 116 Å². The number of hydrogen-bond acceptors (Lipinski definition) is 4. The first-order valence-electron chi connectivity index (χ1n) is 6.65. The van der Waals surface area contributed by atoms with Crippen molar-refractivity contribution in [2.45, 2.75) is 26.8 Å². The van der Waals surface area contributed by atoms with E-state index in [2.05, 4.69) is 15.3 Å². The minimum absolute atomic E-state index is 0.317. The Bertz CT molecular complexity index is 703. The Morgan fingerprint density at radius 1 is 1.35 bits per heavy atom. The molecule has 20 heavy (non-hydrogen) atoms. The van der Waals surface area contributed by atoms with E-state index in [0.29, 0.717) is 18.5 Å². The van der Waals surface area contributed by atoms with Crippen molar-refractivity contribution in [2.24, 2.45) is 0 Å². The van der Waals surface area contributed by atoms with Crippen LogP contribution in [-0.2, 0) is 13.0 Å². The monoisotopic (exact) mass is 274 g/mol. The number of hydrogen-bond donors (Lipinski definition) is 2. The van der Waals surface area contributed by atoms with Crippen LogP contribution in [0.15, 0.2) is 34.1 Å². The van der Waals surface area contributed by atoms with Crippen molar-refractivity contribution in [3.8, 4) is 0 Å². The lowest BCUT2D eigenvalue weighted by atomic mass is 10.2. The Morgan fingerprint density at radius 3 is 2.85 bits per heavy atom. The van der Waals surface area contributed by atoms with Gasteiger partial charge in [-0.1, -0.05) is 6.92 Å². The van der Waals surface area contributed by atoms with Crippen LogP contribution in [0.3, 0.4) is 0 Å². The van der Waals surface area contributed by atoms with Gasteiger partial charge in [0, 0.05) is 30.2 Å². The second-order valence-corrected chi connectivity index (χ2v) is 4.46. The summed E-state index contributed by atoms with van der Waals surface area (Å²) < 4.78 is 1.47. The Kier molecular flexibility index (Phi) is 4.34. The Hall–Kier alpha value is -2.37. The lowest BCUT2D eigenvalue weighted by Gasteiger charge is -2.08. The third-order valence-corrected chi connectivity index (χ3v) is 3.00. The number of nitrogens with zero attached hydrogens (tertiary/aromatic N) is 2. The quantitative estimate of drug-likeness (QED) is 0.851. The summed E-state index contributed by atoms with van der Waals surface area (Å²) in [5.41, 5.74) is 1.59. The van der Waals surface area contributed by atoms with Crippen molar-refractivity contribution >= 4 is 5.69 Å². The lowest BCUT2D eigenvalue weighted by molar-refractivity contribution is 0.694. The third kappa shape index (κ3) is 3.14. The van der Waals surface area contributed by atoms with Crippen molar-refractivity contribution < 1.29 is 0 Å². The molecule has 2 heterocycles. The molecule has 0 aliphatic heterocycles. The molecule has 0 fully saturated rings. The van der Waals surface area contributed by atoms with Crippen LogP contribution in [-0.4, -0.2) is 21.1 Å². The molecule has 2 rings (SSSR count). The van der Waals surface area contributed by atoms with Gasteiger partial charge < -0.3 is 5.32 Å². The van der Waals surface area contributed by atoms with Crippen molar-refractivity contribution in [1.82, 2.24) is 14.5 Å². The molecule has 0 aliphatic carbocycles. The Balaban J connectivity index is 2.32. The maximum absolute atomic E-state index is 11.8. The summed E-state index contributed by atoms with van der Waals surface area (Å²) in [6.45, 7) is 5.05. The van der Waals surface area contributed by atoms with Gasteiger partial charge in [0.1, 0.15) is 0 Å². The normalized spacial score (nSPS) is 10.5. The van der Waals surface area contributed by atoms with Crippen molar-refractivity contribution in [3.05, 3.63) is 56.6 Å². The van der Waals surface area contributed by atoms with Gasteiger partial charge >= 0.3 is 5.69 Å². The molecule has 2 N–H and O–H groups in total. The zero-order chi connectivity index (χ0) is 14.5. The van der Waals surface area contributed by atoms with Gasteiger partial charge in [0.25, 0.3) is 5.56 Å². The topological polar surface area (TPSA) is 79.8 Å². The zero-order valence-corrected chi connectivity index (χ0v) is 11.6. The summed E-state index contributed by atoms with van der Waals surface area (Å²) in [5.74, 6) is 0. The van der Waals surface area contributed by atoms with E-state index in [1.807, 2.05) is 26.0 Å². The second kappa shape index (κ2) is 6.18. The van der Waals surface area contributed by atoms with E-state index < -0.39 is 5.69 Å². The molecule has 0 saturated heterocycles. The molecular formula is C14H18N4O2. The summed E-state index contributed by atoms with van der Waals surface area (Å²) in [6.07, 6.45) is 3.88. The fourth-order valence-electron chi connectivity index (χ4n) is 1.98. The smallest absolute Gasteiger partial charge is 0.328 e. The van der Waals surface area contributed by atoms with E-state index in [0.717, 1.165) is 17.9 Å². The predicted octanol–water partition coefficient (Wildman–Crippen LogP) is 0.974. The first-order valence-corrected chi connectivity index (χ1v) is 6.65. The lowest BCUT2D eigenvalue weighted by Crippen LogP contribution is -2.32. The molecule has 0 saturated carbocycles. The molecule has 6 heteroatoms. The van der Waals surface area contributed by atoms with Crippen LogP contribution in [0.1, 0.15) is 25.1 Å². The molecule has 0 aromatic carbocycles. The fourth-order valence-corrected chi connectivity index (χ4v) is 1.98. The van der Waals surface area contributed by atoms with Crippen LogP contribution in [0.25, 0.3) is 0 Å². The highest BCUT2D eigenvalue weighted by atomic mass is 16.2. The third-order valence-electron chi connectivity index (χ3n) is 3.00. The summed E-state index contributed by atoms with van der Waals surface area (Å²) >= 11 is 0. The van der Waals surface area contributed by atoms with Crippen molar-refractivity contribution in [2.75, 3.05) is 11.9 Å². The average molecular weight is 274 g/mol. The van der Waals surface area contributed by atoms with E-state index in [4.69, 9.17) is 0 Å². The fraction of sp³-hybridized carbons (Fsp3) is 0.357. The van der Waals surface area contributed by atoms with E-state index in [1.54, 1.807) is 12.4 Å². The minimum Gasteiger partial charge on any atom is -0.385 e. The highest BCUT2D eigenvalue weighted by Gasteiger charge is 2.05. The number of pyridine rings is 1. The molecule has 0 amide bonds. The summed E-state index contributed by atoms with van der Waals surface area (Å²) in [5, 5.41) is 3.19. The van der Waals surface area contributed by atoms with Gasteiger partial charge in [0.05, 0.1) is 12.2 Å². The van der Waals surface area contributed by atoms with Crippen molar-refractivity contribution in [3.63, 3.8) is 0 Å². The summed E-state index contributed by atoms with van der Waals surface area (Å²) in [4.78, 5) is 29.9.